The lowest BCUT2D eigenvalue weighted by molar-refractivity contribution is 0.0950. The van der Waals surface area contributed by atoms with Crippen LogP contribution < -0.4 is 10.6 Å². The molecule has 0 atom stereocenters. The van der Waals surface area contributed by atoms with Crippen molar-refractivity contribution in [2.24, 2.45) is 0 Å². The molecular formula is C20H18BrN5O2. The number of nitrogens with one attached hydrogen (secondary N) is 2. The summed E-state index contributed by atoms with van der Waals surface area (Å²) in [6.45, 7) is 0.280. The predicted octanol–water partition coefficient (Wildman–Crippen LogP) is 3.56. The van der Waals surface area contributed by atoms with E-state index in [-0.39, 0.29) is 18.4 Å². The largest absolute Gasteiger partial charge is 0.345 e. The minimum Gasteiger partial charge on any atom is -0.345 e. The van der Waals surface area contributed by atoms with E-state index in [4.69, 9.17) is 0 Å². The Kier molecular flexibility index (Phi) is 5.21. The third-order valence-corrected chi connectivity index (χ3v) is 5.22. The second-order valence-electron chi connectivity index (χ2n) is 6.55. The molecule has 0 unspecified atom stereocenters. The molecule has 0 aliphatic heterocycles. The molecule has 0 spiro atoms. The van der Waals surface area contributed by atoms with Crippen LogP contribution in [0.3, 0.4) is 0 Å². The summed E-state index contributed by atoms with van der Waals surface area (Å²) >= 11 is 3.37. The lowest BCUT2D eigenvalue weighted by Gasteiger charge is -2.12. The summed E-state index contributed by atoms with van der Waals surface area (Å²) in [5.41, 5.74) is 1.33. The number of carbonyl (C=O) groups excluding carboxylic acids is 2. The number of rotatable bonds is 6. The van der Waals surface area contributed by atoms with Crippen LogP contribution in [0, 0.1) is 0 Å². The van der Waals surface area contributed by atoms with Gasteiger partial charge in [0.2, 0.25) is 0 Å². The number of hydrogen-bond acceptors (Lipinski definition) is 4. The fourth-order valence-electron chi connectivity index (χ4n) is 2.93. The van der Waals surface area contributed by atoms with Crippen LogP contribution in [-0.4, -0.2) is 26.6 Å². The number of halogens is 1. The minimum atomic E-state index is -0.291. The SMILES string of the molecule is O=C(Nc1ccccc1C(=O)NCc1nncn1C1CC1)c1ccccc1Br. The second kappa shape index (κ2) is 7.93. The van der Waals surface area contributed by atoms with E-state index in [2.05, 4.69) is 36.8 Å². The zero-order valence-corrected chi connectivity index (χ0v) is 16.5. The predicted molar refractivity (Wildman–Crippen MR) is 108 cm³/mol. The highest BCUT2D eigenvalue weighted by Gasteiger charge is 2.26. The number of anilines is 1. The number of para-hydroxylation sites is 1. The van der Waals surface area contributed by atoms with Gasteiger partial charge in [-0.25, -0.2) is 0 Å². The van der Waals surface area contributed by atoms with Crippen molar-refractivity contribution in [3.8, 4) is 0 Å². The van der Waals surface area contributed by atoms with Crippen molar-refractivity contribution in [1.82, 2.24) is 20.1 Å². The smallest absolute Gasteiger partial charge is 0.256 e. The van der Waals surface area contributed by atoms with Crippen molar-refractivity contribution in [3.63, 3.8) is 0 Å². The van der Waals surface area contributed by atoms with E-state index in [1.807, 2.05) is 10.6 Å². The highest BCUT2D eigenvalue weighted by Crippen LogP contribution is 2.35. The number of nitrogens with zero attached hydrogens (tertiary/aromatic N) is 3. The molecule has 2 amide bonds. The van der Waals surface area contributed by atoms with Crippen LogP contribution in [0.1, 0.15) is 45.4 Å². The van der Waals surface area contributed by atoms with Crippen molar-refractivity contribution in [3.05, 3.63) is 76.3 Å². The molecule has 1 aliphatic carbocycles. The summed E-state index contributed by atoms with van der Waals surface area (Å²) in [5.74, 6) is 0.153. The van der Waals surface area contributed by atoms with Gasteiger partial charge in [0.1, 0.15) is 6.33 Å². The maximum atomic E-state index is 12.7. The van der Waals surface area contributed by atoms with E-state index in [0.29, 0.717) is 27.3 Å². The Morgan fingerprint density at radius 2 is 1.75 bits per heavy atom. The molecule has 1 saturated carbocycles. The van der Waals surface area contributed by atoms with Crippen LogP contribution >= 0.6 is 15.9 Å². The average Bonchev–Trinajstić information content (AvgIpc) is 3.44. The number of hydrogen-bond donors (Lipinski definition) is 2. The van der Waals surface area contributed by atoms with Crippen LogP contribution in [0.15, 0.2) is 59.3 Å². The standard InChI is InChI=1S/C20H18BrN5O2/c21-16-7-3-1-5-14(16)20(28)24-17-8-4-2-6-15(17)19(27)22-11-18-25-23-12-26(18)13-9-10-13/h1-8,12-13H,9-11H2,(H,22,27)(H,24,28). The lowest BCUT2D eigenvalue weighted by Crippen LogP contribution is -2.26. The zero-order chi connectivity index (χ0) is 19.5. The first-order valence-electron chi connectivity index (χ1n) is 8.95. The lowest BCUT2D eigenvalue weighted by atomic mass is 10.1. The van der Waals surface area contributed by atoms with Gasteiger partial charge >= 0.3 is 0 Å². The first kappa shape index (κ1) is 18.4. The molecule has 4 rings (SSSR count). The Balaban J connectivity index is 1.47. The van der Waals surface area contributed by atoms with E-state index in [1.54, 1.807) is 48.8 Å². The normalized spacial score (nSPS) is 13.2. The molecule has 1 aromatic heterocycles. The maximum absolute atomic E-state index is 12.7. The van der Waals surface area contributed by atoms with Crippen LogP contribution in [0.4, 0.5) is 5.69 Å². The molecule has 3 aromatic rings. The first-order valence-corrected chi connectivity index (χ1v) is 9.74. The number of benzene rings is 2. The van der Waals surface area contributed by atoms with Crippen molar-refractivity contribution in [2.75, 3.05) is 5.32 Å². The second-order valence-corrected chi connectivity index (χ2v) is 7.40. The Labute approximate surface area is 170 Å². The molecule has 2 N–H and O–H groups in total. The molecule has 0 radical (unpaired) electrons. The van der Waals surface area contributed by atoms with Gasteiger partial charge in [-0.2, -0.15) is 0 Å². The van der Waals surface area contributed by atoms with Gasteiger partial charge in [0.05, 0.1) is 23.4 Å². The summed E-state index contributed by atoms with van der Waals surface area (Å²) in [6, 6.07) is 14.5. The van der Waals surface area contributed by atoms with Crippen LogP contribution in [0.2, 0.25) is 0 Å². The summed E-state index contributed by atoms with van der Waals surface area (Å²) in [6.07, 6.45) is 3.93. The van der Waals surface area contributed by atoms with Crippen LogP contribution in [0.5, 0.6) is 0 Å². The molecule has 0 saturated heterocycles. The van der Waals surface area contributed by atoms with Crippen molar-refractivity contribution in [2.45, 2.75) is 25.4 Å². The van der Waals surface area contributed by atoms with Gasteiger partial charge in [-0.1, -0.05) is 24.3 Å². The minimum absolute atomic E-state index is 0.280. The van der Waals surface area contributed by atoms with E-state index in [1.165, 1.54) is 0 Å². The topological polar surface area (TPSA) is 88.9 Å². The third kappa shape index (κ3) is 3.96. The molecule has 142 valence electrons. The van der Waals surface area contributed by atoms with Gasteiger partial charge in [0.15, 0.2) is 5.82 Å². The van der Waals surface area contributed by atoms with E-state index < -0.39 is 0 Å². The Hall–Kier alpha value is -3.00. The van der Waals surface area contributed by atoms with Crippen LogP contribution in [0.25, 0.3) is 0 Å². The Morgan fingerprint density at radius 3 is 2.50 bits per heavy atom. The number of carbonyl (C=O) groups is 2. The van der Waals surface area contributed by atoms with E-state index in [0.717, 1.165) is 18.7 Å². The molecule has 2 aromatic carbocycles. The molecule has 0 bridgehead atoms. The fourth-order valence-corrected chi connectivity index (χ4v) is 3.40. The molecule has 1 fully saturated rings. The summed E-state index contributed by atoms with van der Waals surface area (Å²) in [4.78, 5) is 25.3. The zero-order valence-electron chi connectivity index (χ0n) is 14.9. The molecule has 7 nitrogen and oxygen atoms in total. The highest BCUT2D eigenvalue weighted by molar-refractivity contribution is 9.10. The van der Waals surface area contributed by atoms with Gasteiger partial charge in [-0.15, -0.1) is 10.2 Å². The van der Waals surface area contributed by atoms with Gasteiger partial charge in [0.25, 0.3) is 11.8 Å². The van der Waals surface area contributed by atoms with Gasteiger partial charge in [0, 0.05) is 10.5 Å². The van der Waals surface area contributed by atoms with E-state index in [9.17, 15) is 9.59 Å². The summed E-state index contributed by atoms with van der Waals surface area (Å²) in [5, 5.41) is 13.7. The summed E-state index contributed by atoms with van der Waals surface area (Å²) in [7, 11) is 0. The first-order chi connectivity index (χ1) is 13.6. The highest BCUT2D eigenvalue weighted by atomic mass is 79.9. The van der Waals surface area contributed by atoms with Crippen molar-refractivity contribution in [1.29, 1.82) is 0 Å². The Morgan fingerprint density at radius 1 is 1.04 bits per heavy atom. The Bertz CT molecular complexity index is 1030. The monoisotopic (exact) mass is 439 g/mol. The van der Waals surface area contributed by atoms with Crippen LogP contribution in [-0.2, 0) is 6.54 Å². The molecule has 1 heterocycles. The molecule has 1 aliphatic rings. The molecule has 28 heavy (non-hydrogen) atoms. The molecular weight excluding hydrogens is 422 g/mol. The number of aromatic nitrogens is 3. The quantitative estimate of drug-likeness (QED) is 0.614. The van der Waals surface area contributed by atoms with Gasteiger partial charge in [-0.3, -0.25) is 9.59 Å². The number of amides is 2. The average molecular weight is 440 g/mol. The van der Waals surface area contributed by atoms with Crippen molar-refractivity contribution < 1.29 is 9.59 Å². The van der Waals surface area contributed by atoms with Gasteiger partial charge in [-0.05, 0) is 53.0 Å². The summed E-state index contributed by atoms with van der Waals surface area (Å²) < 4.78 is 2.69. The maximum Gasteiger partial charge on any atom is 0.256 e. The fraction of sp³-hybridized carbons (Fsp3) is 0.200. The van der Waals surface area contributed by atoms with Gasteiger partial charge < -0.3 is 15.2 Å². The van der Waals surface area contributed by atoms with Crippen molar-refractivity contribution >= 4 is 33.4 Å². The van der Waals surface area contributed by atoms with E-state index >= 15 is 0 Å². The molecule has 8 heteroatoms. The third-order valence-electron chi connectivity index (χ3n) is 4.53.